The molecule has 4 N–H and O–H groups in total. The summed E-state index contributed by atoms with van der Waals surface area (Å²) in [6, 6.07) is 13.1. The molecule has 0 radical (unpaired) electrons. The number of phenolic OH excluding ortho intramolecular Hbond substituents is 2. The van der Waals surface area contributed by atoms with E-state index in [1.807, 2.05) is 0 Å². The van der Waals surface area contributed by atoms with Crippen molar-refractivity contribution >= 4 is 23.2 Å². The fourth-order valence-electron chi connectivity index (χ4n) is 2.69. The summed E-state index contributed by atoms with van der Waals surface area (Å²) in [6.07, 6.45) is 2.70. The third kappa shape index (κ3) is 8.69. The van der Waals surface area contributed by atoms with E-state index in [9.17, 15) is 19.8 Å². The molecule has 0 spiro atoms. The lowest BCUT2D eigenvalue weighted by atomic mass is 10.1. The van der Waals surface area contributed by atoms with Crippen molar-refractivity contribution < 1.29 is 19.8 Å². The van der Waals surface area contributed by atoms with Crippen LogP contribution in [0.5, 0.6) is 11.5 Å². The Hall–Kier alpha value is -3.68. The third-order valence-electron chi connectivity index (χ3n) is 4.57. The Morgan fingerprint density at radius 3 is 1.39 bits per heavy atom. The van der Waals surface area contributed by atoms with Gasteiger partial charge in [0.2, 0.25) is 11.8 Å². The molecule has 8 heteroatoms. The molecule has 31 heavy (non-hydrogen) atoms. The minimum absolute atomic E-state index is 0.175. The molecule has 0 aromatic heterocycles. The van der Waals surface area contributed by atoms with E-state index < -0.39 is 0 Å². The fraction of sp³-hybridized carbons (Fsp3) is 0.304. The monoisotopic (exact) mass is 424 g/mol. The quantitative estimate of drug-likeness (QED) is 0.265. The SMILES string of the molecule is C/C(=N\NC(=O)CCCCCC(=O)N/N=C(\C)c1ccc(O)cc1)c1ccc(O)cc1. The second-order valence-corrected chi connectivity index (χ2v) is 7.12. The van der Waals surface area contributed by atoms with E-state index in [1.165, 1.54) is 0 Å². The summed E-state index contributed by atoms with van der Waals surface area (Å²) in [4.78, 5) is 23.8. The number of rotatable bonds is 10. The molecule has 0 aliphatic carbocycles. The lowest BCUT2D eigenvalue weighted by Gasteiger charge is -2.04. The molecule has 0 bridgehead atoms. The van der Waals surface area contributed by atoms with Crippen LogP contribution in [0.4, 0.5) is 0 Å². The Balaban J connectivity index is 1.61. The first kappa shape index (κ1) is 23.6. The van der Waals surface area contributed by atoms with E-state index in [0.29, 0.717) is 37.1 Å². The normalized spacial score (nSPS) is 11.8. The average molecular weight is 425 g/mol. The van der Waals surface area contributed by atoms with Crippen molar-refractivity contribution in [3.63, 3.8) is 0 Å². The largest absolute Gasteiger partial charge is 0.508 e. The highest BCUT2D eigenvalue weighted by molar-refractivity contribution is 5.99. The van der Waals surface area contributed by atoms with Gasteiger partial charge in [-0.2, -0.15) is 10.2 Å². The Morgan fingerprint density at radius 1 is 0.677 bits per heavy atom. The predicted molar refractivity (Wildman–Crippen MR) is 120 cm³/mol. The molecule has 2 rings (SSSR count). The zero-order valence-corrected chi connectivity index (χ0v) is 17.8. The minimum atomic E-state index is -0.184. The highest BCUT2D eigenvalue weighted by Gasteiger charge is 2.04. The lowest BCUT2D eigenvalue weighted by molar-refractivity contribution is -0.121. The van der Waals surface area contributed by atoms with Crippen LogP contribution in [0.15, 0.2) is 58.7 Å². The molecule has 2 amide bonds. The Kier molecular flexibility index (Phi) is 9.22. The van der Waals surface area contributed by atoms with Crippen molar-refractivity contribution in [2.24, 2.45) is 10.2 Å². The van der Waals surface area contributed by atoms with Crippen molar-refractivity contribution in [2.75, 3.05) is 0 Å². The van der Waals surface area contributed by atoms with Crippen LogP contribution in [0.2, 0.25) is 0 Å². The van der Waals surface area contributed by atoms with E-state index >= 15 is 0 Å². The zero-order valence-electron chi connectivity index (χ0n) is 17.8. The molecule has 0 saturated carbocycles. The van der Waals surface area contributed by atoms with Crippen LogP contribution in [0.3, 0.4) is 0 Å². The maximum absolute atomic E-state index is 11.9. The van der Waals surface area contributed by atoms with Gasteiger partial charge in [-0.1, -0.05) is 6.42 Å². The van der Waals surface area contributed by atoms with Crippen LogP contribution in [-0.2, 0) is 9.59 Å². The molecule has 0 fully saturated rings. The molecule has 0 heterocycles. The van der Waals surface area contributed by atoms with Crippen molar-refractivity contribution in [1.29, 1.82) is 0 Å². The second kappa shape index (κ2) is 12.1. The van der Waals surface area contributed by atoms with Gasteiger partial charge in [-0.15, -0.1) is 0 Å². The number of carbonyl (C=O) groups is 2. The van der Waals surface area contributed by atoms with E-state index in [2.05, 4.69) is 21.1 Å². The minimum Gasteiger partial charge on any atom is -0.508 e. The highest BCUT2D eigenvalue weighted by atomic mass is 16.3. The maximum atomic E-state index is 11.9. The number of aromatic hydroxyl groups is 2. The molecule has 0 aliphatic heterocycles. The van der Waals surface area contributed by atoms with Crippen molar-refractivity contribution in [3.05, 3.63) is 59.7 Å². The van der Waals surface area contributed by atoms with Gasteiger partial charge in [0.1, 0.15) is 11.5 Å². The Morgan fingerprint density at radius 2 is 1.03 bits per heavy atom. The van der Waals surface area contributed by atoms with Crippen molar-refractivity contribution in [1.82, 2.24) is 10.9 Å². The van der Waals surface area contributed by atoms with Crippen LogP contribution in [0.25, 0.3) is 0 Å². The van der Waals surface area contributed by atoms with Gasteiger partial charge >= 0.3 is 0 Å². The van der Waals surface area contributed by atoms with Gasteiger partial charge in [-0.25, -0.2) is 10.9 Å². The van der Waals surface area contributed by atoms with Crippen LogP contribution in [0, 0.1) is 0 Å². The van der Waals surface area contributed by atoms with Gasteiger partial charge in [0.05, 0.1) is 11.4 Å². The van der Waals surface area contributed by atoms with Crippen molar-refractivity contribution in [3.8, 4) is 11.5 Å². The van der Waals surface area contributed by atoms with Gasteiger partial charge in [-0.05, 0) is 86.3 Å². The Bertz CT molecular complexity index is 858. The van der Waals surface area contributed by atoms with Crippen LogP contribution in [-0.4, -0.2) is 33.5 Å². The molecule has 0 saturated heterocycles. The average Bonchev–Trinajstić information content (AvgIpc) is 2.76. The maximum Gasteiger partial charge on any atom is 0.240 e. The molecule has 0 unspecified atom stereocenters. The predicted octanol–water partition coefficient (Wildman–Crippen LogP) is 3.43. The summed E-state index contributed by atoms with van der Waals surface area (Å²) in [5.41, 5.74) is 7.96. The zero-order chi connectivity index (χ0) is 22.6. The number of hydrazone groups is 2. The summed E-state index contributed by atoms with van der Waals surface area (Å²) < 4.78 is 0. The van der Waals surface area contributed by atoms with Gasteiger partial charge in [-0.3, -0.25) is 9.59 Å². The number of hydrogen-bond donors (Lipinski definition) is 4. The number of carbonyl (C=O) groups excluding carboxylic acids is 2. The molecule has 8 nitrogen and oxygen atoms in total. The summed E-state index contributed by atoms with van der Waals surface area (Å²) >= 11 is 0. The van der Waals surface area contributed by atoms with Crippen LogP contribution >= 0.6 is 0 Å². The van der Waals surface area contributed by atoms with Crippen LogP contribution < -0.4 is 10.9 Å². The van der Waals surface area contributed by atoms with Crippen LogP contribution in [0.1, 0.15) is 57.1 Å². The molecular formula is C23H28N4O4. The van der Waals surface area contributed by atoms with Gasteiger partial charge in [0.15, 0.2) is 0 Å². The third-order valence-corrected chi connectivity index (χ3v) is 4.57. The van der Waals surface area contributed by atoms with E-state index in [1.54, 1.807) is 62.4 Å². The summed E-state index contributed by atoms with van der Waals surface area (Å²) in [5, 5.41) is 26.7. The number of phenols is 2. The number of benzene rings is 2. The fourth-order valence-corrected chi connectivity index (χ4v) is 2.69. The van der Waals surface area contributed by atoms with Gasteiger partial charge < -0.3 is 10.2 Å². The number of nitrogens with one attached hydrogen (secondary N) is 2. The molecule has 2 aromatic rings. The Labute approximate surface area is 181 Å². The summed E-state index contributed by atoms with van der Waals surface area (Å²) in [6.45, 7) is 3.55. The molecular weight excluding hydrogens is 396 g/mol. The topological polar surface area (TPSA) is 123 Å². The molecule has 164 valence electrons. The summed E-state index contributed by atoms with van der Waals surface area (Å²) in [7, 11) is 0. The molecule has 0 aliphatic rings. The van der Waals surface area contributed by atoms with E-state index in [-0.39, 0.29) is 23.3 Å². The summed E-state index contributed by atoms with van der Waals surface area (Å²) in [5.74, 6) is -0.0181. The second-order valence-electron chi connectivity index (χ2n) is 7.12. The van der Waals surface area contributed by atoms with E-state index in [4.69, 9.17) is 0 Å². The highest BCUT2D eigenvalue weighted by Crippen LogP contribution is 2.11. The first-order valence-electron chi connectivity index (χ1n) is 10.1. The number of nitrogens with zero attached hydrogens (tertiary/aromatic N) is 2. The standard InChI is InChI=1S/C23H28N4O4/c1-16(18-8-12-20(28)13-9-18)24-26-22(30)6-4-3-5-7-23(31)27-25-17(2)19-10-14-21(29)15-11-19/h8-15,28-29H,3-7H2,1-2H3,(H,26,30)(H,27,31)/b24-16+,25-17+. The van der Waals surface area contributed by atoms with Gasteiger partial charge in [0.25, 0.3) is 0 Å². The molecule has 0 atom stereocenters. The smallest absolute Gasteiger partial charge is 0.240 e. The first-order chi connectivity index (χ1) is 14.8. The first-order valence-corrected chi connectivity index (χ1v) is 10.1. The number of amides is 2. The molecule has 2 aromatic carbocycles. The van der Waals surface area contributed by atoms with Crippen molar-refractivity contribution in [2.45, 2.75) is 46.0 Å². The number of unbranched alkanes of at least 4 members (excludes halogenated alkanes) is 2. The lowest BCUT2D eigenvalue weighted by Crippen LogP contribution is -2.19. The van der Waals surface area contributed by atoms with E-state index in [0.717, 1.165) is 17.5 Å². The number of hydrogen-bond acceptors (Lipinski definition) is 6. The van der Waals surface area contributed by atoms with Gasteiger partial charge in [0, 0.05) is 12.8 Å².